The normalized spacial score (nSPS) is 16.4. The lowest BCUT2D eigenvalue weighted by Gasteiger charge is -2.22. The van der Waals surface area contributed by atoms with Gasteiger partial charge in [0.1, 0.15) is 27.5 Å². The summed E-state index contributed by atoms with van der Waals surface area (Å²) in [4.78, 5) is 10.6. The molecule has 1 aromatic rings. The molecule has 0 aliphatic carbocycles. The van der Waals surface area contributed by atoms with Crippen LogP contribution >= 0.6 is 10.9 Å². The molecule has 10 nitrogen and oxygen atoms in total. The Morgan fingerprint density at radius 3 is 2.32 bits per heavy atom. The standard InChI is InChI=1S/C10H9N3O7S2/c11-5-6-3-10(14)13(12-6)8-4-7(21(15,16)17)1-2-9(8)22(18,19)20/h1-2,4,15-17H,3H2,(H,18,19,20). The smallest absolute Gasteiger partial charge is 0.296 e. The second-order valence-corrected chi connectivity index (χ2v) is 7.06. The van der Waals surface area contributed by atoms with E-state index in [1.807, 2.05) is 0 Å². The minimum atomic E-state index is -4.76. The van der Waals surface area contributed by atoms with Crippen LogP contribution in [0.4, 0.5) is 5.69 Å². The summed E-state index contributed by atoms with van der Waals surface area (Å²) in [7, 11) is -8.94. The van der Waals surface area contributed by atoms with Crippen molar-refractivity contribution in [3.8, 4) is 6.07 Å². The summed E-state index contributed by atoms with van der Waals surface area (Å²) in [5, 5.41) is 12.8. The molecular formula is C10H9N3O7S2. The Kier molecular flexibility index (Phi) is 3.96. The highest BCUT2D eigenvalue weighted by Gasteiger charge is 2.31. The number of anilines is 1. The quantitative estimate of drug-likeness (QED) is 0.589. The van der Waals surface area contributed by atoms with E-state index in [0.29, 0.717) is 5.01 Å². The van der Waals surface area contributed by atoms with Crippen LogP contribution in [0.2, 0.25) is 0 Å². The summed E-state index contributed by atoms with van der Waals surface area (Å²) in [6.07, 6.45) is -0.374. The van der Waals surface area contributed by atoms with E-state index in [4.69, 9.17) is 5.26 Å². The summed E-state index contributed by atoms with van der Waals surface area (Å²) < 4.78 is 59.5. The summed E-state index contributed by atoms with van der Waals surface area (Å²) >= 11 is 0. The summed E-state index contributed by atoms with van der Waals surface area (Å²) in [6, 6.07) is 4.04. The van der Waals surface area contributed by atoms with Crippen LogP contribution in [0.5, 0.6) is 0 Å². The number of nitrogens with zero attached hydrogens (tertiary/aromatic N) is 3. The molecule has 4 N–H and O–H groups in total. The molecule has 0 bridgehead atoms. The van der Waals surface area contributed by atoms with Gasteiger partial charge in [-0.25, -0.2) is 0 Å². The van der Waals surface area contributed by atoms with E-state index in [9.17, 15) is 31.4 Å². The Morgan fingerprint density at radius 1 is 1.23 bits per heavy atom. The minimum Gasteiger partial charge on any atom is -0.304 e. The number of nitriles is 1. The SMILES string of the molecule is N#CC1=NN(c2cc(S(O)(O)O)ccc2S(=O)(=O)O)C(=O)C1. The number of benzene rings is 1. The first-order chi connectivity index (χ1) is 10.0. The van der Waals surface area contributed by atoms with Gasteiger partial charge in [0.25, 0.3) is 16.0 Å². The van der Waals surface area contributed by atoms with Crippen molar-refractivity contribution in [3.63, 3.8) is 0 Å². The van der Waals surface area contributed by atoms with Gasteiger partial charge in [-0.2, -0.15) is 23.8 Å². The fraction of sp³-hybridized carbons (Fsp3) is 0.100. The maximum Gasteiger partial charge on any atom is 0.296 e. The number of hydrogen-bond acceptors (Lipinski definition) is 8. The van der Waals surface area contributed by atoms with Gasteiger partial charge in [-0.1, -0.05) is 0 Å². The van der Waals surface area contributed by atoms with Crippen LogP contribution in [0.1, 0.15) is 6.42 Å². The van der Waals surface area contributed by atoms with Gasteiger partial charge in [0.05, 0.1) is 17.0 Å². The second-order valence-electron chi connectivity index (χ2n) is 4.16. The third kappa shape index (κ3) is 3.09. The number of carbonyl (C=O) groups excluding carboxylic acids is 1. The molecular weight excluding hydrogens is 338 g/mol. The maximum atomic E-state index is 11.8. The van der Waals surface area contributed by atoms with Gasteiger partial charge in [-0.3, -0.25) is 9.35 Å². The number of rotatable bonds is 3. The Morgan fingerprint density at radius 2 is 1.86 bits per heavy atom. The van der Waals surface area contributed by atoms with Crippen LogP contribution in [-0.2, 0) is 14.9 Å². The highest BCUT2D eigenvalue weighted by molar-refractivity contribution is 8.19. The van der Waals surface area contributed by atoms with Crippen molar-refractivity contribution >= 4 is 38.3 Å². The molecule has 0 unspecified atom stereocenters. The first-order valence-electron chi connectivity index (χ1n) is 5.47. The number of hydrogen-bond donors (Lipinski definition) is 4. The Balaban J connectivity index is 2.69. The van der Waals surface area contributed by atoms with Gasteiger partial charge in [0.15, 0.2) is 0 Å². The molecule has 22 heavy (non-hydrogen) atoms. The number of hydrazone groups is 1. The van der Waals surface area contributed by atoms with E-state index in [2.05, 4.69) is 5.10 Å². The van der Waals surface area contributed by atoms with Gasteiger partial charge in [-0.15, -0.1) is 0 Å². The van der Waals surface area contributed by atoms with E-state index < -0.39 is 42.4 Å². The van der Waals surface area contributed by atoms with Gasteiger partial charge in [0.2, 0.25) is 0 Å². The van der Waals surface area contributed by atoms with E-state index in [1.165, 1.54) is 0 Å². The van der Waals surface area contributed by atoms with Crippen molar-refractivity contribution in [2.24, 2.45) is 5.10 Å². The lowest BCUT2D eigenvalue weighted by Crippen LogP contribution is -2.22. The van der Waals surface area contributed by atoms with Gasteiger partial charge in [0, 0.05) is 0 Å². The Labute approximate surface area is 126 Å². The molecule has 1 aliphatic heterocycles. The van der Waals surface area contributed by atoms with Crippen molar-refractivity contribution in [1.82, 2.24) is 0 Å². The van der Waals surface area contributed by atoms with Gasteiger partial charge < -0.3 is 13.7 Å². The summed E-state index contributed by atoms with van der Waals surface area (Å²) in [5.74, 6) is -0.756. The zero-order valence-electron chi connectivity index (χ0n) is 10.6. The highest BCUT2D eigenvalue weighted by atomic mass is 32.3. The lowest BCUT2D eigenvalue weighted by molar-refractivity contribution is -0.116. The van der Waals surface area contributed by atoms with Crippen LogP contribution in [0.25, 0.3) is 0 Å². The molecule has 2 rings (SSSR count). The molecule has 0 aromatic heterocycles. The molecule has 0 fully saturated rings. The van der Waals surface area contributed by atoms with E-state index in [-0.39, 0.29) is 12.1 Å². The van der Waals surface area contributed by atoms with E-state index >= 15 is 0 Å². The number of amides is 1. The second kappa shape index (κ2) is 5.32. The first-order valence-corrected chi connectivity index (χ1v) is 8.41. The van der Waals surface area contributed by atoms with Crippen LogP contribution in [-0.4, -0.2) is 38.2 Å². The molecule has 1 amide bonds. The van der Waals surface area contributed by atoms with Crippen LogP contribution in [0, 0.1) is 11.3 Å². The summed E-state index contributed by atoms with van der Waals surface area (Å²) in [5.41, 5.74) is -0.698. The first kappa shape index (κ1) is 16.4. The van der Waals surface area contributed by atoms with Crippen molar-refractivity contribution in [3.05, 3.63) is 18.2 Å². The average Bonchev–Trinajstić information content (AvgIpc) is 2.77. The largest absolute Gasteiger partial charge is 0.304 e. The van der Waals surface area contributed by atoms with Crippen molar-refractivity contribution in [2.75, 3.05) is 5.01 Å². The Hall–Kier alpha value is -2.01. The fourth-order valence-corrected chi connectivity index (χ4v) is 2.90. The minimum absolute atomic E-state index is 0.188. The molecule has 0 atom stereocenters. The zero-order valence-corrected chi connectivity index (χ0v) is 12.2. The highest BCUT2D eigenvalue weighted by Crippen LogP contribution is 2.46. The van der Waals surface area contributed by atoms with E-state index in [0.717, 1.165) is 18.2 Å². The molecule has 1 aliphatic rings. The van der Waals surface area contributed by atoms with Crippen LogP contribution < -0.4 is 5.01 Å². The maximum absolute atomic E-state index is 11.8. The molecule has 0 saturated carbocycles. The van der Waals surface area contributed by atoms with Crippen LogP contribution in [0.3, 0.4) is 0 Å². The summed E-state index contributed by atoms with van der Waals surface area (Å²) in [6.45, 7) is 0. The van der Waals surface area contributed by atoms with Crippen LogP contribution in [0.15, 0.2) is 33.1 Å². The van der Waals surface area contributed by atoms with Crippen molar-refractivity contribution in [2.45, 2.75) is 16.2 Å². The van der Waals surface area contributed by atoms with Crippen molar-refractivity contribution < 1.29 is 31.4 Å². The third-order valence-corrected chi connectivity index (χ3v) is 4.44. The molecule has 1 aromatic carbocycles. The molecule has 1 heterocycles. The topological polar surface area (TPSA) is 172 Å². The Bertz CT molecular complexity index is 820. The lowest BCUT2D eigenvalue weighted by atomic mass is 10.2. The molecule has 12 heteroatoms. The van der Waals surface area contributed by atoms with E-state index in [1.54, 1.807) is 6.07 Å². The predicted octanol–water partition coefficient (Wildman–Crippen LogP) is 1.13. The molecule has 0 saturated heterocycles. The monoisotopic (exact) mass is 347 g/mol. The third-order valence-electron chi connectivity index (χ3n) is 2.66. The molecule has 118 valence electrons. The zero-order chi connectivity index (χ0) is 16.7. The van der Waals surface area contributed by atoms with Crippen molar-refractivity contribution in [1.29, 1.82) is 5.26 Å². The average molecular weight is 347 g/mol. The number of carbonyl (C=O) groups is 1. The van der Waals surface area contributed by atoms with Gasteiger partial charge in [-0.05, 0) is 18.2 Å². The van der Waals surface area contributed by atoms with Gasteiger partial charge >= 0.3 is 0 Å². The molecule has 0 radical (unpaired) electrons. The molecule has 0 spiro atoms. The fourth-order valence-electron chi connectivity index (χ4n) is 1.73. The predicted molar refractivity (Wildman–Crippen MR) is 75.2 cm³/mol.